The van der Waals surface area contributed by atoms with Crippen LogP contribution in [0, 0.1) is 0 Å². The number of morpholine rings is 1. The summed E-state index contributed by atoms with van der Waals surface area (Å²) in [4.78, 5) is 17.8. The molecule has 1 amide bonds. The van der Waals surface area contributed by atoms with E-state index in [1.165, 1.54) is 7.11 Å². The molecule has 1 saturated heterocycles. The predicted molar refractivity (Wildman–Crippen MR) is 106 cm³/mol. The number of benzene rings is 1. The Morgan fingerprint density at radius 1 is 1.21 bits per heavy atom. The molecule has 2 aromatic heterocycles. The van der Waals surface area contributed by atoms with Gasteiger partial charge in [0.1, 0.15) is 5.52 Å². The van der Waals surface area contributed by atoms with Gasteiger partial charge in [-0.1, -0.05) is 0 Å². The zero-order valence-electron chi connectivity index (χ0n) is 16.0. The molecule has 0 radical (unpaired) electrons. The highest BCUT2D eigenvalue weighted by molar-refractivity contribution is 5.72. The smallest absolute Gasteiger partial charge is 0.410 e. The minimum atomic E-state index is -0.918. The SMILES string of the molecule is COc1cc(-c2nc(N)c3ccc(CN4CCOCC4)n3n2)ccc1OC(N)=O. The third-order valence-corrected chi connectivity index (χ3v) is 4.74. The van der Waals surface area contributed by atoms with Crippen molar-refractivity contribution in [2.24, 2.45) is 5.73 Å². The summed E-state index contributed by atoms with van der Waals surface area (Å²) in [6.45, 7) is 3.94. The maximum Gasteiger partial charge on any atom is 0.410 e. The van der Waals surface area contributed by atoms with Crippen molar-refractivity contribution < 1.29 is 19.0 Å². The molecule has 10 heteroatoms. The predicted octanol–water partition coefficient (Wildman–Crippen LogP) is 1.28. The molecule has 1 fully saturated rings. The average molecular weight is 398 g/mol. The van der Waals surface area contributed by atoms with Gasteiger partial charge in [-0.05, 0) is 30.3 Å². The fraction of sp³-hybridized carbons (Fsp3) is 0.316. The first-order valence-corrected chi connectivity index (χ1v) is 9.15. The molecular formula is C19H22N6O4. The van der Waals surface area contributed by atoms with E-state index in [-0.39, 0.29) is 5.75 Å². The number of methoxy groups -OCH3 is 1. The Morgan fingerprint density at radius 2 is 2.00 bits per heavy atom. The average Bonchev–Trinajstić information content (AvgIpc) is 3.12. The highest BCUT2D eigenvalue weighted by Gasteiger charge is 2.17. The summed E-state index contributed by atoms with van der Waals surface area (Å²) in [5, 5.41) is 4.68. The van der Waals surface area contributed by atoms with Crippen molar-refractivity contribution in [3.63, 3.8) is 0 Å². The molecule has 152 valence electrons. The van der Waals surface area contributed by atoms with Crippen LogP contribution in [0.1, 0.15) is 5.69 Å². The Bertz CT molecular complexity index is 1040. The van der Waals surface area contributed by atoms with Crippen molar-refractivity contribution in [1.29, 1.82) is 0 Å². The molecule has 29 heavy (non-hydrogen) atoms. The van der Waals surface area contributed by atoms with E-state index in [1.807, 2.05) is 16.6 Å². The summed E-state index contributed by atoms with van der Waals surface area (Å²) in [7, 11) is 1.47. The van der Waals surface area contributed by atoms with Gasteiger partial charge in [0.05, 0.1) is 26.0 Å². The minimum Gasteiger partial charge on any atom is -0.493 e. The lowest BCUT2D eigenvalue weighted by atomic mass is 10.2. The number of carbonyl (C=O) groups is 1. The van der Waals surface area contributed by atoms with Gasteiger partial charge >= 0.3 is 6.09 Å². The number of nitrogens with zero attached hydrogens (tertiary/aromatic N) is 4. The topological polar surface area (TPSA) is 130 Å². The van der Waals surface area contributed by atoms with Crippen LogP contribution in [-0.4, -0.2) is 59.0 Å². The molecule has 1 aliphatic heterocycles. The van der Waals surface area contributed by atoms with Crippen LogP contribution >= 0.6 is 0 Å². The number of fused-ring (bicyclic) bond motifs is 1. The number of nitrogens with two attached hydrogens (primary N) is 2. The first-order valence-electron chi connectivity index (χ1n) is 9.15. The minimum absolute atomic E-state index is 0.215. The molecule has 0 bridgehead atoms. The van der Waals surface area contributed by atoms with Crippen LogP contribution in [0.3, 0.4) is 0 Å². The highest BCUT2D eigenvalue weighted by Crippen LogP contribution is 2.32. The second kappa shape index (κ2) is 7.94. The van der Waals surface area contributed by atoms with Gasteiger partial charge in [0.15, 0.2) is 23.1 Å². The van der Waals surface area contributed by atoms with Gasteiger partial charge in [-0.2, -0.15) is 0 Å². The fourth-order valence-electron chi connectivity index (χ4n) is 3.30. The fourth-order valence-corrected chi connectivity index (χ4v) is 3.30. The number of carbonyl (C=O) groups excluding carboxylic acids is 1. The Balaban J connectivity index is 1.70. The van der Waals surface area contributed by atoms with E-state index < -0.39 is 6.09 Å². The lowest BCUT2D eigenvalue weighted by molar-refractivity contribution is 0.0334. The molecule has 0 aliphatic carbocycles. The summed E-state index contributed by atoms with van der Waals surface area (Å²) in [5.41, 5.74) is 13.7. The van der Waals surface area contributed by atoms with Crippen LogP contribution in [0.5, 0.6) is 11.5 Å². The number of ether oxygens (including phenoxy) is 3. The van der Waals surface area contributed by atoms with Gasteiger partial charge < -0.3 is 25.7 Å². The van der Waals surface area contributed by atoms with E-state index in [0.717, 1.165) is 44.1 Å². The van der Waals surface area contributed by atoms with Gasteiger partial charge in [-0.25, -0.2) is 14.3 Å². The highest BCUT2D eigenvalue weighted by atomic mass is 16.6. The number of nitrogen functional groups attached to an aromatic ring is 1. The molecule has 0 atom stereocenters. The standard InChI is InChI=1S/C19H22N6O4/c1-27-16-10-12(2-5-15(16)29-19(21)26)18-22-17(20)14-4-3-13(25(14)23-18)11-24-6-8-28-9-7-24/h2-5,10H,6-9,11H2,1H3,(H2,21,26)(H2,20,22,23). The number of anilines is 1. The second-order valence-electron chi connectivity index (χ2n) is 6.62. The van der Waals surface area contributed by atoms with Gasteiger partial charge in [-0.3, -0.25) is 4.90 Å². The van der Waals surface area contributed by atoms with Crippen molar-refractivity contribution in [3.8, 4) is 22.9 Å². The van der Waals surface area contributed by atoms with E-state index in [4.69, 9.17) is 25.7 Å². The van der Waals surface area contributed by atoms with Crippen molar-refractivity contribution in [2.45, 2.75) is 6.54 Å². The maximum absolute atomic E-state index is 11.0. The first-order chi connectivity index (χ1) is 14.0. The number of rotatable bonds is 5. The Kier molecular flexibility index (Phi) is 5.19. The summed E-state index contributed by atoms with van der Waals surface area (Å²) in [6, 6.07) is 8.88. The van der Waals surface area contributed by atoms with Gasteiger partial charge in [-0.15, -0.1) is 5.10 Å². The quantitative estimate of drug-likeness (QED) is 0.657. The normalized spacial score (nSPS) is 14.8. The van der Waals surface area contributed by atoms with E-state index >= 15 is 0 Å². The van der Waals surface area contributed by atoms with Crippen LogP contribution in [0.15, 0.2) is 30.3 Å². The number of hydrogen-bond acceptors (Lipinski definition) is 8. The van der Waals surface area contributed by atoms with Crippen LogP contribution in [0.4, 0.5) is 10.6 Å². The van der Waals surface area contributed by atoms with E-state index in [9.17, 15) is 4.79 Å². The van der Waals surface area contributed by atoms with Crippen LogP contribution in [0.25, 0.3) is 16.9 Å². The summed E-state index contributed by atoms with van der Waals surface area (Å²) in [6.07, 6.45) is -0.918. The lowest BCUT2D eigenvalue weighted by Gasteiger charge is -2.26. The van der Waals surface area contributed by atoms with Gasteiger partial charge in [0.25, 0.3) is 0 Å². The summed E-state index contributed by atoms with van der Waals surface area (Å²) in [5.74, 6) is 1.36. The van der Waals surface area contributed by atoms with Crippen LogP contribution in [-0.2, 0) is 11.3 Å². The van der Waals surface area contributed by atoms with Crippen molar-refractivity contribution in [3.05, 3.63) is 36.0 Å². The number of amides is 1. The second-order valence-corrected chi connectivity index (χ2v) is 6.62. The molecule has 3 aromatic rings. The molecule has 0 spiro atoms. The number of primary amides is 1. The van der Waals surface area contributed by atoms with Gasteiger partial charge in [0, 0.05) is 25.2 Å². The van der Waals surface area contributed by atoms with Crippen molar-refractivity contribution in [2.75, 3.05) is 39.1 Å². The molecule has 4 N–H and O–H groups in total. The molecule has 3 heterocycles. The van der Waals surface area contributed by atoms with E-state index in [1.54, 1.807) is 18.2 Å². The summed E-state index contributed by atoms with van der Waals surface area (Å²) >= 11 is 0. The van der Waals surface area contributed by atoms with Crippen molar-refractivity contribution >= 4 is 17.4 Å². The third kappa shape index (κ3) is 3.93. The molecule has 1 aliphatic rings. The molecule has 4 rings (SSSR count). The molecule has 10 nitrogen and oxygen atoms in total. The van der Waals surface area contributed by atoms with E-state index in [0.29, 0.717) is 23.0 Å². The van der Waals surface area contributed by atoms with Crippen LogP contribution in [0.2, 0.25) is 0 Å². The number of hydrogen-bond donors (Lipinski definition) is 2. The monoisotopic (exact) mass is 398 g/mol. The maximum atomic E-state index is 11.0. The lowest BCUT2D eigenvalue weighted by Crippen LogP contribution is -2.36. The Hall–Kier alpha value is -3.37. The van der Waals surface area contributed by atoms with Crippen LogP contribution < -0.4 is 20.9 Å². The first kappa shape index (κ1) is 19.0. The molecule has 1 aromatic carbocycles. The zero-order valence-corrected chi connectivity index (χ0v) is 16.0. The van der Waals surface area contributed by atoms with Crippen molar-refractivity contribution in [1.82, 2.24) is 19.5 Å². The molecule has 0 saturated carbocycles. The van der Waals surface area contributed by atoms with Gasteiger partial charge in [0.2, 0.25) is 0 Å². The Labute approximate surface area is 167 Å². The Morgan fingerprint density at radius 3 is 2.72 bits per heavy atom. The number of aromatic nitrogens is 3. The zero-order chi connectivity index (χ0) is 20.4. The molecule has 0 unspecified atom stereocenters. The summed E-state index contributed by atoms with van der Waals surface area (Å²) < 4.78 is 17.5. The van der Waals surface area contributed by atoms with E-state index in [2.05, 4.69) is 15.0 Å². The third-order valence-electron chi connectivity index (χ3n) is 4.74. The molecular weight excluding hydrogens is 376 g/mol. The largest absolute Gasteiger partial charge is 0.493 e.